The third kappa shape index (κ3) is 4.75. The summed E-state index contributed by atoms with van der Waals surface area (Å²) >= 11 is 2.10. The van der Waals surface area contributed by atoms with Crippen LogP contribution >= 0.6 is 22.6 Å². The highest BCUT2D eigenvalue weighted by Crippen LogP contribution is 2.31. The zero-order chi connectivity index (χ0) is 19.6. The van der Waals surface area contributed by atoms with Gasteiger partial charge in [-0.2, -0.15) is 0 Å². The molecule has 2 heterocycles. The van der Waals surface area contributed by atoms with Crippen LogP contribution in [0.5, 0.6) is 5.75 Å². The van der Waals surface area contributed by atoms with Crippen molar-refractivity contribution >= 4 is 28.5 Å². The Morgan fingerprint density at radius 2 is 1.89 bits per heavy atom. The number of likely N-dealkylation sites (tertiary alicyclic amines) is 1. The summed E-state index contributed by atoms with van der Waals surface area (Å²) in [6.45, 7) is 4.92. The summed E-state index contributed by atoms with van der Waals surface area (Å²) in [5, 5.41) is 0. The van der Waals surface area contributed by atoms with Gasteiger partial charge in [0.1, 0.15) is 3.70 Å². The molecule has 3 rings (SSSR count). The van der Waals surface area contributed by atoms with E-state index in [-0.39, 0.29) is 24.2 Å². The molecular weight excluding hydrogens is 465 g/mol. The third-order valence-corrected chi connectivity index (χ3v) is 5.49. The van der Waals surface area contributed by atoms with Gasteiger partial charge >= 0.3 is 0 Å². The van der Waals surface area contributed by atoms with Crippen LogP contribution < -0.4 is 4.74 Å². The van der Waals surface area contributed by atoms with Gasteiger partial charge < -0.3 is 9.64 Å². The molecule has 1 fully saturated rings. The summed E-state index contributed by atoms with van der Waals surface area (Å²) in [6, 6.07) is 6.18. The molecule has 0 saturated carbocycles. The van der Waals surface area contributed by atoms with E-state index in [1.807, 2.05) is 13.0 Å². The van der Waals surface area contributed by atoms with Crippen molar-refractivity contribution in [2.24, 2.45) is 5.92 Å². The number of nitrogens with zero attached hydrogens (tertiary/aromatic N) is 2. The zero-order valence-electron chi connectivity index (χ0n) is 15.3. The molecule has 144 valence electrons. The number of ether oxygens (including phenoxy) is 1. The number of amides is 1. The fourth-order valence-corrected chi connectivity index (χ4v) is 3.85. The van der Waals surface area contributed by atoms with Crippen molar-refractivity contribution in [2.45, 2.75) is 26.7 Å². The van der Waals surface area contributed by atoms with E-state index in [1.54, 1.807) is 17.9 Å². The molecule has 7 heteroatoms. The normalized spacial score (nSPS) is 15.1. The number of piperidine rings is 1. The molecule has 0 unspecified atom stereocenters. The number of hydrogen-bond donors (Lipinski definition) is 0. The fraction of sp³-hybridized carbons (Fsp3) is 0.400. The number of carbonyl (C=O) groups excluding carboxylic acids is 1. The summed E-state index contributed by atoms with van der Waals surface area (Å²) < 4.78 is 35.3. The number of halogens is 3. The lowest BCUT2D eigenvalue weighted by atomic mass is 9.98. The Hall–Kier alpha value is -1.77. The van der Waals surface area contributed by atoms with Crippen LogP contribution in [0.3, 0.4) is 0 Å². The molecule has 0 N–H and O–H groups in total. The number of hydrogen-bond acceptors (Lipinski definition) is 3. The van der Waals surface area contributed by atoms with Crippen molar-refractivity contribution in [2.75, 3.05) is 19.7 Å². The van der Waals surface area contributed by atoms with Crippen LogP contribution in [-0.2, 0) is 4.79 Å². The molecule has 0 bridgehead atoms. The minimum absolute atomic E-state index is 0.0578. The van der Waals surface area contributed by atoms with Gasteiger partial charge in [-0.05, 0) is 78.1 Å². The summed E-state index contributed by atoms with van der Waals surface area (Å²) in [6.07, 6.45) is 1.54. The number of aromatic nitrogens is 1. The van der Waals surface area contributed by atoms with E-state index in [0.29, 0.717) is 29.9 Å². The molecule has 1 aromatic carbocycles. The Kier molecular flexibility index (Phi) is 6.29. The molecule has 27 heavy (non-hydrogen) atoms. The van der Waals surface area contributed by atoms with E-state index in [1.165, 1.54) is 12.1 Å². The average Bonchev–Trinajstić information content (AvgIpc) is 2.61. The SMILES string of the molecule is CC(=O)N1CCC(COc2c(F)cc(-c3ccc(I)nc3C)cc2F)CC1. The Balaban J connectivity index is 1.70. The van der Waals surface area contributed by atoms with Gasteiger partial charge in [0.2, 0.25) is 5.91 Å². The Morgan fingerprint density at radius 3 is 2.44 bits per heavy atom. The van der Waals surface area contributed by atoms with Crippen molar-refractivity contribution < 1.29 is 18.3 Å². The smallest absolute Gasteiger partial charge is 0.219 e. The first-order valence-electron chi connectivity index (χ1n) is 8.86. The van der Waals surface area contributed by atoms with Crippen LogP contribution in [0.25, 0.3) is 11.1 Å². The van der Waals surface area contributed by atoms with Gasteiger partial charge in [-0.15, -0.1) is 0 Å². The Bertz CT molecular complexity index is 829. The predicted octanol–water partition coefficient (Wildman–Crippen LogP) is 4.58. The van der Waals surface area contributed by atoms with Crippen molar-refractivity contribution in [1.29, 1.82) is 0 Å². The van der Waals surface area contributed by atoms with Gasteiger partial charge in [-0.25, -0.2) is 13.8 Å². The topological polar surface area (TPSA) is 42.4 Å². The standard InChI is InChI=1S/C20H21F2IN2O2/c1-12-16(3-4-19(23)24-12)15-9-17(21)20(18(22)10-15)27-11-14-5-7-25(8-6-14)13(2)26/h3-4,9-10,14H,5-8,11H2,1-2H3. The maximum atomic E-state index is 14.5. The van der Waals surface area contributed by atoms with Crippen LogP contribution in [0.4, 0.5) is 8.78 Å². The van der Waals surface area contributed by atoms with E-state index in [2.05, 4.69) is 27.6 Å². The lowest BCUT2D eigenvalue weighted by Gasteiger charge is -2.31. The van der Waals surface area contributed by atoms with Crippen LogP contribution in [0, 0.1) is 28.2 Å². The van der Waals surface area contributed by atoms with Crippen molar-refractivity contribution in [1.82, 2.24) is 9.88 Å². The lowest BCUT2D eigenvalue weighted by Crippen LogP contribution is -2.38. The fourth-order valence-electron chi connectivity index (χ4n) is 3.30. The molecule has 0 spiro atoms. The van der Waals surface area contributed by atoms with Crippen LogP contribution in [-0.4, -0.2) is 35.5 Å². The van der Waals surface area contributed by atoms with Crippen LogP contribution in [0.15, 0.2) is 24.3 Å². The van der Waals surface area contributed by atoms with E-state index in [0.717, 1.165) is 16.5 Å². The Labute approximate surface area is 171 Å². The van der Waals surface area contributed by atoms with Crippen LogP contribution in [0.2, 0.25) is 0 Å². The second-order valence-electron chi connectivity index (χ2n) is 6.80. The first kappa shape index (κ1) is 20.0. The van der Waals surface area contributed by atoms with E-state index in [4.69, 9.17) is 4.74 Å². The lowest BCUT2D eigenvalue weighted by molar-refractivity contribution is -0.130. The van der Waals surface area contributed by atoms with Gasteiger partial charge in [0.25, 0.3) is 0 Å². The molecule has 1 aromatic heterocycles. The first-order chi connectivity index (χ1) is 12.8. The average molecular weight is 486 g/mol. The molecule has 2 aromatic rings. The van der Waals surface area contributed by atoms with E-state index in [9.17, 15) is 13.6 Å². The molecule has 1 saturated heterocycles. The maximum absolute atomic E-state index is 14.5. The number of carbonyl (C=O) groups is 1. The summed E-state index contributed by atoms with van der Waals surface area (Å²) in [4.78, 5) is 17.5. The van der Waals surface area contributed by atoms with Crippen molar-refractivity contribution in [3.63, 3.8) is 0 Å². The van der Waals surface area contributed by atoms with Crippen LogP contribution in [0.1, 0.15) is 25.5 Å². The second-order valence-corrected chi connectivity index (χ2v) is 7.90. The number of rotatable bonds is 4. The highest BCUT2D eigenvalue weighted by Gasteiger charge is 2.22. The number of pyridine rings is 1. The molecule has 1 aliphatic heterocycles. The molecular formula is C20H21F2IN2O2. The van der Waals surface area contributed by atoms with E-state index >= 15 is 0 Å². The summed E-state index contributed by atoms with van der Waals surface area (Å²) in [5.74, 6) is -1.54. The highest BCUT2D eigenvalue weighted by atomic mass is 127. The number of benzene rings is 1. The van der Waals surface area contributed by atoms with Gasteiger partial charge in [-0.3, -0.25) is 4.79 Å². The summed E-state index contributed by atoms with van der Waals surface area (Å²) in [5.41, 5.74) is 1.84. The molecule has 0 radical (unpaired) electrons. The number of aryl methyl sites for hydroxylation is 1. The largest absolute Gasteiger partial charge is 0.487 e. The van der Waals surface area contributed by atoms with Crippen molar-refractivity contribution in [3.8, 4) is 16.9 Å². The Morgan fingerprint density at radius 1 is 1.26 bits per heavy atom. The zero-order valence-corrected chi connectivity index (χ0v) is 17.4. The van der Waals surface area contributed by atoms with Crippen molar-refractivity contribution in [3.05, 3.63) is 45.3 Å². The molecule has 1 aliphatic rings. The third-order valence-electron chi connectivity index (χ3n) is 4.88. The molecule has 4 nitrogen and oxygen atoms in total. The molecule has 1 amide bonds. The quantitative estimate of drug-likeness (QED) is 0.470. The second kappa shape index (κ2) is 8.50. The minimum atomic E-state index is -0.718. The molecule has 0 aliphatic carbocycles. The maximum Gasteiger partial charge on any atom is 0.219 e. The highest BCUT2D eigenvalue weighted by molar-refractivity contribution is 14.1. The molecule has 0 atom stereocenters. The van der Waals surface area contributed by atoms with Gasteiger partial charge in [0, 0.05) is 31.3 Å². The van der Waals surface area contributed by atoms with Gasteiger partial charge in [-0.1, -0.05) is 0 Å². The minimum Gasteiger partial charge on any atom is -0.487 e. The van der Waals surface area contributed by atoms with Gasteiger partial charge in [0.05, 0.1) is 6.61 Å². The first-order valence-corrected chi connectivity index (χ1v) is 9.94. The monoisotopic (exact) mass is 486 g/mol. The predicted molar refractivity (Wildman–Crippen MR) is 108 cm³/mol. The summed E-state index contributed by atoms with van der Waals surface area (Å²) in [7, 11) is 0. The van der Waals surface area contributed by atoms with E-state index < -0.39 is 11.6 Å². The van der Waals surface area contributed by atoms with Gasteiger partial charge in [0.15, 0.2) is 17.4 Å².